The average molecular weight is 573 g/mol. The van der Waals surface area contributed by atoms with Crippen molar-refractivity contribution in [1.82, 2.24) is 20.2 Å². The second-order valence-electron chi connectivity index (χ2n) is 5.93. The van der Waals surface area contributed by atoms with Gasteiger partial charge >= 0.3 is 0 Å². The minimum atomic E-state index is 0. The SMILES string of the molecule is CN=C(NCCCOCCOC)N1CCN(c2ncc(Br)c(OC)n2)CC1.I. The molecule has 28 heavy (non-hydrogen) atoms. The van der Waals surface area contributed by atoms with Crippen molar-refractivity contribution in [1.29, 1.82) is 0 Å². The van der Waals surface area contributed by atoms with Crippen molar-refractivity contribution in [2.45, 2.75) is 6.42 Å². The van der Waals surface area contributed by atoms with Crippen LogP contribution in [0, 0.1) is 0 Å². The van der Waals surface area contributed by atoms with E-state index in [4.69, 9.17) is 14.2 Å². The highest BCUT2D eigenvalue weighted by atomic mass is 127. The molecule has 11 heteroatoms. The predicted molar refractivity (Wildman–Crippen MR) is 124 cm³/mol. The number of ether oxygens (including phenoxy) is 3. The molecule has 0 unspecified atom stereocenters. The lowest BCUT2D eigenvalue weighted by atomic mass is 10.3. The second kappa shape index (κ2) is 14.1. The molecule has 1 aromatic rings. The number of aromatic nitrogens is 2. The number of nitrogens with zero attached hydrogens (tertiary/aromatic N) is 5. The fourth-order valence-corrected chi connectivity index (χ4v) is 3.06. The van der Waals surface area contributed by atoms with E-state index in [-0.39, 0.29) is 24.0 Å². The lowest BCUT2D eigenvalue weighted by Crippen LogP contribution is -2.53. The highest BCUT2D eigenvalue weighted by Gasteiger charge is 2.22. The Morgan fingerprint density at radius 2 is 1.96 bits per heavy atom. The van der Waals surface area contributed by atoms with Crippen molar-refractivity contribution in [2.24, 2.45) is 4.99 Å². The summed E-state index contributed by atoms with van der Waals surface area (Å²) in [5.74, 6) is 2.15. The first kappa shape index (κ1) is 25.1. The number of hydrogen-bond acceptors (Lipinski definition) is 7. The van der Waals surface area contributed by atoms with Crippen molar-refractivity contribution in [3.8, 4) is 5.88 Å². The van der Waals surface area contributed by atoms with E-state index in [0.29, 0.717) is 31.6 Å². The normalized spacial score (nSPS) is 14.6. The molecule has 9 nitrogen and oxygen atoms in total. The van der Waals surface area contributed by atoms with E-state index in [1.165, 1.54) is 0 Å². The van der Waals surface area contributed by atoms with E-state index in [0.717, 1.165) is 49.6 Å². The van der Waals surface area contributed by atoms with Gasteiger partial charge in [0.1, 0.15) is 0 Å². The Morgan fingerprint density at radius 3 is 2.61 bits per heavy atom. The summed E-state index contributed by atoms with van der Waals surface area (Å²) < 4.78 is 16.4. The summed E-state index contributed by atoms with van der Waals surface area (Å²) in [5.41, 5.74) is 0. The standard InChI is InChI=1S/C17H29BrN6O3.HI/c1-19-16(20-5-4-10-27-12-11-25-2)23-6-8-24(9-7-23)17-21-13-14(18)15(22-17)26-3;/h13H,4-12H2,1-3H3,(H,19,20);1H. The number of halogens is 2. The molecule has 0 aliphatic carbocycles. The van der Waals surface area contributed by atoms with Crippen LogP contribution in [0.15, 0.2) is 15.7 Å². The summed E-state index contributed by atoms with van der Waals surface area (Å²) in [6.07, 6.45) is 2.65. The highest BCUT2D eigenvalue weighted by molar-refractivity contribution is 14.0. The quantitative estimate of drug-likeness (QED) is 0.207. The Bertz CT molecular complexity index is 602. The van der Waals surface area contributed by atoms with Crippen molar-refractivity contribution < 1.29 is 14.2 Å². The van der Waals surface area contributed by atoms with Gasteiger partial charge in [0.25, 0.3) is 0 Å². The molecule has 0 atom stereocenters. The third kappa shape index (κ3) is 7.84. The molecule has 0 bridgehead atoms. The molecule has 2 heterocycles. The number of rotatable bonds is 9. The Labute approximate surface area is 192 Å². The molecule has 0 spiro atoms. The Balaban J connectivity index is 0.00000392. The Morgan fingerprint density at radius 1 is 1.21 bits per heavy atom. The number of methoxy groups -OCH3 is 2. The zero-order valence-corrected chi connectivity index (χ0v) is 20.6. The molecule has 160 valence electrons. The topological polar surface area (TPSA) is 84.3 Å². The van der Waals surface area contributed by atoms with Gasteiger partial charge in [0, 0.05) is 53.5 Å². The second-order valence-corrected chi connectivity index (χ2v) is 6.79. The van der Waals surface area contributed by atoms with Gasteiger partial charge in [0.15, 0.2) is 5.96 Å². The molecule has 0 saturated carbocycles. The summed E-state index contributed by atoms with van der Waals surface area (Å²) in [4.78, 5) is 17.6. The summed E-state index contributed by atoms with van der Waals surface area (Å²) in [6, 6.07) is 0. The van der Waals surface area contributed by atoms with Gasteiger partial charge in [-0.1, -0.05) is 0 Å². The van der Waals surface area contributed by atoms with Gasteiger partial charge in [-0.2, -0.15) is 4.98 Å². The maximum atomic E-state index is 5.47. The summed E-state index contributed by atoms with van der Waals surface area (Å²) >= 11 is 3.38. The van der Waals surface area contributed by atoms with Gasteiger partial charge in [-0.3, -0.25) is 4.99 Å². The first-order valence-corrected chi connectivity index (χ1v) is 9.82. The van der Waals surface area contributed by atoms with E-state index in [1.54, 1.807) is 20.4 Å². The first-order valence-electron chi connectivity index (χ1n) is 9.03. The number of nitrogens with one attached hydrogen (secondary N) is 1. The average Bonchev–Trinajstić information content (AvgIpc) is 2.71. The molecule has 2 rings (SSSR count). The largest absolute Gasteiger partial charge is 0.480 e. The van der Waals surface area contributed by atoms with E-state index < -0.39 is 0 Å². The number of aliphatic imine (C=N–C) groups is 1. The summed E-state index contributed by atoms with van der Waals surface area (Å²) in [5, 5.41) is 3.40. The monoisotopic (exact) mass is 572 g/mol. The summed E-state index contributed by atoms with van der Waals surface area (Å²) in [7, 11) is 5.09. The first-order chi connectivity index (χ1) is 13.2. The van der Waals surface area contributed by atoms with Crippen LogP contribution in [-0.4, -0.2) is 94.6 Å². The van der Waals surface area contributed by atoms with Crippen molar-refractivity contribution >= 4 is 51.8 Å². The molecular weight excluding hydrogens is 543 g/mol. The fourth-order valence-electron chi connectivity index (χ4n) is 2.71. The van der Waals surface area contributed by atoms with Crippen molar-refractivity contribution in [2.75, 3.05) is 78.7 Å². The minimum absolute atomic E-state index is 0. The summed E-state index contributed by atoms with van der Waals surface area (Å²) in [6.45, 7) is 6.16. The van der Waals surface area contributed by atoms with Gasteiger partial charge in [0.05, 0.1) is 31.0 Å². The van der Waals surface area contributed by atoms with Gasteiger partial charge in [-0.15, -0.1) is 24.0 Å². The number of guanidine groups is 1. The van der Waals surface area contributed by atoms with Gasteiger partial charge in [0.2, 0.25) is 11.8 Å². The van der Waals surface area contributed by atoms with E-state index in [1.807, 2.05) is 7.05 Å². The van der Waals surface area contributed by atoms with Crippen LogP contribution in [-0.2, 0) is 9.47 Å². The van der Waals surface area contributed by atoms with Crippen LogP contribution in [0.1, 0.15) is 6.42 Å². The highest BCUT2D eigenvalue weighted by Crippen LogP contribution is 2.23. The van der Waals surface area contributed by atoms with Crippen LogP contribution < -0.4 is 15.0 Å². The van der Waals surface area contributed by atoms with Crippen LogP contribution in [0.25, 0.3) is 0 Å². The smallest absolute Gasteiger partial charge is 0.232 e. The van der Waals surface area contributed by atoms with E-state index in [9.17, 15) is 0 Å². The maximum absolute atomic E-state index is 5.47. The Kier molecular flexibility index (Phi) is 12.7. The van der Waals surface area contributed by atoms with E-state index in [2.05, 4.69) is 46.0 Å². The Hall–Kier alpha value is -0.920. The molecule has 1 fully saturated rings. The van der Waals surface area contributed by atoms with Crippen LogP contribution in [0.2, 0.25) is 0 Å². The minimum Gasteiger partial charge on any atom is -0.480 e. The molecule has 1 aromatic heterocycles. The molecule has 0 aromatic carbocycles. The molecular formula is C17H30BrIN6O3. The number of anilines is 1. The van der Waals surface area contributed by atoms with Crippen LogP contribution in [0.4, 0.5) is 5.95 Å². The lowest BCUT2D eigenvalue weighted by molar-refractivity contribution is 0.0698. The van der Waals surface area contributed by atoms with Crippen molar-refractivity contribution in [3.05, 3.63) is 10.7 Å². The zero-order valence-electron chi connectivity index (χ0n) is 16.7. The fraction of sp³-hybridized carbons (Fsp3) is 0.706. The van der Waals surface area contributed by atoms with Gasteiger partial charge in [-0.05, 0) is 22.4 Å². The lowest BCUT2D eigenvalue weighted by Gasteiger charge is -2.36. The zero-order chi connectivity index (χ0) is 19.5. The number of piperazine rings is 1. The molecule has 1 saturated heterocycles. The van der Waals surface area contributed by atoms with Gasteiger partial charge in [-0.25, -0.2) is 4.98 Å². The maximum Gasteiger partial charge on any atom is 0.232 e. The van der Waals surface area contributed by atoms with Crippen LogP contribution >= 0.6 is 39.9 Å². The van der Waals surface area contributed by atoms with Crippen molar-refractivity contribution in [3.63, 3.8) is 0 Å². The van der Waals surface area contributed by atoms with Crippen LogP contribution in [0.3, 0.4) is 0 Å². The molecule has 0 radical (unpaired) electrons. The molecule has 1 aliphatic heterocycles. The number of hydrogen-bond donors (Lipinski definition) is 1. The van der Waals surface area contributed by atoms with Crippen LogP contribution in [0.5, 0.6) is 5.88 Å². The third-order valence-corrected chi connectivity index (χ3v) is 4.69. The van der Waals surface area contributed by atoms with E-state index >= 15 is 0 Å². The molecule has 1 N–H and O–H groups in total. The predicted octanol–water partition coefficient (Wildman–Crippen LogP) is 1.62. The molecule has 0 amide bonds. The van der Waals surface area contributed by atoms with Gasteiger partial charge < -0.3 is 29.3 Å². The molecule has 1 aliphatic rings. The third-order valence-electron chi connectivity index (χ3n) is 4.15.